The summed E-state index contributed by atoms with van der Waals surface area (Å²) in [5, 5.41) is 0. The topological polar surface area (TPSA) is 88.4 Å². The number of methoxy groups -OCH3 is 1. The Labute approximate surface area is 160 Å². The van der Waals surface area contributed by atoms with Crippen molar-refractivity contribution in [2.24, 2.45) is 0 Å². The van der Waals surface area contributed by atoms with E-state index in [1.165, 1.54) is 19.8 Å². The molecule has 1 aliphatic heterocycles. The fraction of sp³-hybridized carbons (Fsp3) is 0.368. The van der Waals surface area contributed by atoms with E-state index in [0.29, 0.717) is 16.7 Å². The zero-order valence-electron chi connectivity index (χ0n) is 15.4. The molecule has 1 aliphatic rings. The first-order valence-corrected chi connectivity index (χ1v) is 8.77. The molecule has 2 aromatic heterocycles. The first-order valence-electron chi connectivity index (χ1n) is 8.77. The highest BCUT2D eigenvalue weighted by Crippen LogP contribution is 2.35. The molecule has 1 aromatic carbocycles. The van der Waals surface area contributed by atoms with Crippen LogP contribution < -0.4 is 0 Å². The molecule has 0 aliphatic carbocycles. The van der Waals surface area contributed by atoms with Crippen LogP contribution in [0.15, 0.2) is 43.1 Å². The number of esters is 1. The Morgan fingerprint density at radius 1 is 1.29 bits per heavy atom. The average molecular weight is 386 g/mol. The molecular formula is C19H19FN4O4. The normalized spacial score (nSPS) is 24.5. The van der Waals surface area contributed by atoms with E-state index in [1.54, 1.807) is 22.9 Å². The molecule has 0 spiro atoms. The Hall–Kier alpha value is -2.91. The molecule has 3 aromatic rings. The SMILES string of the molecule is CO[C@@H]1[C@H](F)[C@@H](COC(=O)c2ccc(C)cc2)O[C@H]1n1cnc2cncnc21. The van der Waals surface area contributed by atoms with Crippen LogP contribution in [0, 0.1) is 6.92 Å². The van der Waals surface area contributed by atoms with Gasteiger partial charge in [0.1, 0.15) is 30.7 Å². The Morgan fingerprint density at radius 2 is 2.07 bits per heavy atom. The van der Waals surface area contributed by atoms with Crippen LogP contribution in [0.2, 0.25) is 0 Å². The molecule has 0 amide bonds. The maximum absolute atomic E-state index is 14.9. The van der Waals surface area contributed by atoms with E-state index < -0.39 is 30.6 Å². The predicted molar refractivity (Wildman–Crippen MR) is 96.4 cm³/mol. The van der Waals surface area contributed by atoms with Crippen molar-refractivity contribution in [1.29, 1.82) is 0 Å². The van der Waals surface area contributed by atoms with Crippen molar-refractivity contribution in [2.75, 3.05) is 13.7 Å². The quantitative estimate of drug-likeness (QED) is 0.622. The number of hydrogen-bond donors (Lipinski definition) is 0. The number of halogens is 1. The van der Waals surface area contributed by atoms with Gasteiger partial charge >= 0.3 is 5.97 Å². The minimum Gasteiger partial charge on any atom is -0.459 e. The van der Waals surface area contributed by atoms with Crippen molar-refractivity contribution in [2.45, 2.75) is 31.5 Å². The summed E-state index contributed by atoms with van der Waals surface area (Å²) in [6.07, 6.45) is 0.305. The molecule has 0 unspecified atom stereocenters. The van der Waals surface area contributed by atoms with Gasteiger partial charge in [0, 0.05) is 7.11 Å². The van der Waals surface area contributed by atoms with Crippen LogP contribution in [0.1, 0.15) is 22.1 Å². The minimum atomic E-state index is -1.49. The number of imidazole rings is 1. The van der Waals surface area contributed by atoms with Crippen LogP contribution in [0.5, 0.6) is 0 Å². The molecule has 1 fully saturated rings. The molecular weight excluding hydrogens is 367 g/mol. The number of nitrogens with zero attached hydrogens (tertiary/aromatic N) is 4. The van der Waals surface area contributed by atoms with Crippen LogP contribution in [-0.4, -0.2) is 57.6 Å². The number of hydrogen-bond acceptors (Lipinski definition) is 7. The fourth-order valence-electron chi connectivity index (χ4n) is 3.20. The van der Waals surface area contributed by atoms with Gasteiger partial charge in [0.25, 0.3) is 0 Å². The maximum Gasteiger partial charge on any atom is 0.338 e. The third-order valence-corrected chi connectivity index (χ3v) is 4.71. The van der Waals surface area contributed by atoms with E-state index in [1.807, 2.05) is 19.1 Å². The molecule has 146 valence electrons. The lowest BCUT2D eigenvalue weighted by molar-refractivity contribution is -0.0616. The van der Waals surface area contributed by atoms with Crippen molar-refractivity contribution in [3.05, 3.63) is 54.2 Å². The van der Waals surface area contributed by atoms with E-state index in [0.717, 1.165) is 5.56 Å². The van der Waals surface area contributed by atoms with Crippen molar-refractivity contribution in [3.8, 4) is 0 Å². The summed E-state index contributed by atoms with van der Waals surface area (Å²) in [7, 11) is 1.41. The van der Waals surface area contributed by atoms with Gasteiger partial charge in [-0.15, -0.1) is 0 Å². The van der Waals surface area contributed by atoms with Gasteiger partial charge in [0.05, 0.1) is 18.1 Å². The largest absolute Gasteiger partial charge is 0.459 e. The van der Waals surface area contributed by atoms with Gasteiger partial charge in [-0.25, -0.2) is 24.1 Å². The van der Waals surface area contributed by atoms with Gasteiger partial charge in [0.15, 0.2) is 18.0 Å². The number of alkyl halides is 1. The number of aromatic nitrogens is 4. The number of ether oxygens (including phenoxy) is 3. The number of fused-ring (bicyclic) bond motifs is 1. The molecule has 1 saturated heterocycles. The number of carbonyl (C=O) groups excluding carboxylic acids is 1. The highest BCUT2D eigenvalue weighted by atomic mass is 19.1. The second kappa shape index (κ2) is 7.61. The van der Waals surface area contributed by atoms with Crippen LogP contribution in [0.3, 0.4) is 0 Å². The molecule has 0 saturated carbocycles. The first-order chi connectivity index (χ1) is 13.6. The van der Waals surface area contributed by atoms with Gasteiger partial charge in [-0.05, 0) is 19.1 Å². The second-order valence-corrected chi connectivity index (χ2v) is 6.56. The molecule has 0 bridgehead atoms. The Kier molecular flexibility index (Phi) is 5.01. The number of carbonyl (C=O) groups is 1. The van der Waals surface area contributed by atoms with Gasteiger partial charge in [-0.2, -0.15) is 0 Å². The lowest BCUT2D eigenvalue weighted by atomic mass is 10.1. The Morgan fingerprint density at radius 3 is 2.82 bits per heavy atom. The van der Waals surface area contributed by atoms with Gasteiger partial charge in [0.2, 0.25) is 0 Å². The summed E-state index contributed by atoms with van der Waals surface area (Å²) >= 11 is 0. The summed E-state index contributed by atoms with van der Waals surface area (Å²) < 4.78 is 32.9. The predicted octanol–water partition coefficient (Wildman–Crippen LogP) is 2.24. The van der Waals surface area contributed by atoms with E-state index >= 15 is 0 Å². The van der Waals surface area contributed by atoms with Gasteiger partial charge in [-0.3, -0.25) is 4.57 Å². The summed E-state index contributed by atoms with van der Waals surface area (Å²) in [5.74, 6) is -0.533. The number of rotatable bonds is 5. The first kappa shape index (κ1) is 18.5. The monoisotopic (exact) mass is 386 g/mol. The highest BCUT2D eigenvalue weighted by molar-refractivity contribution is 5.89. The molecule has 28 heavy (non-hydrogen) atoms. The molecule has 0 N–H and O–H groups in total. The summed E-state index contributed by atoms with van der Waals surface area (Å²) in [4.78, 5) is 24.5. The van der Waals surface area contributed by atoms with E-state index in [9.17, 15) is 9.18 Å². The third kappa shape index (κ3) is 3.34. The Balaban J connectivity index is 1.48. The molecule has 3 heterocycles. The fourth-order valence-corrected chi connectivity index (χ4v) is 3.20. The number of benzene rings is 1. The van der Waals surface area contributed by atoms with Crippen LogP contribution in [0.4, 0.5) is 4.39 Å². The third-order valence-electron chi connectivity index (χ3n) is 4.71. The number of aryl methyl sites for hydroxylation is 1. The van der Waals surface area contributed by atoms with Crippen molar-refractivity contribution >= 4 is 17.1 Å². The zero-order chi connectivity index (χ0) is 19.7. The smallest absolute Gasteiger partial charge is 0.338 e. The minimum absolute atomic E-state index is 0.230. The molecule has 0 radical (unpaired) electrons. The van der Waals surface area contributed by atoms with Gasteiger partial charge in [-0.1, -0.05) is 17.7 Å². The van der Waals surface area contributed by atoms with Crippen LogP contribution in [0.25, 0.3) is 11.2 Å². The van der Waals surface area contributed by atoms with E-state index in [2.05, 4.69) is 15.0 Å². The van der Waals surface area contributed by atoms with Crippen LogP contribution >= 0.6 is 0 Å². The van der Waals surface area contributed by atoms with Crippen molar-refractivity contribution in [1.82, 2.24) is 19.5 Å². The molecule has 9 heteroatoms. The van der Waals surface area contributed by atoms with Crippen molar-refractivity contribution in [3.63, 3.8) is 0 Å². The zero-order valence-corrected chi connectivity index (χ0v) is 15.4. The second-order valence-electron chi connectivity index (χ2n) is 6.56. The maximum atomic E-state index is 14.9. The van der Waals surface area contributed by atoms with Crippen LogP contribution in [-0.2, 0) is 14.2 Å². The standard InChI is InChI=1S/C19H19FN4O4/c1-11-3-5-12(6-4-11)19(25)27-8-14-15(20)16(26-2)18(28-14)24-10-23-13-7-21-9-22-17(13)24/h3-7,9-10,14-16,18H,8H2,1-2H3/t14-,15-,16-,18-/m1/s1. The lowest BCUT2D eigenvalue weighted by Gasteiger charge is -2.19. The summed E-state index contributed by atoms with van der Waals surface area (Å²) in [5.41, 5.74) is 2.50. The van der Waals surface area contributed by atoms with E-state index in [-0.39, 0.29) is 6.61 Å². The molecule has 4 atom stereocenters. The summed E-state index contributed by atoms with van der Waals surface area (Å²) in [6, 6.07) is 6.95. The lowest BCUT2D eigenvalue weighted by Crippen LogP contribution is -2.32. The average Bonchev–Trinajstić information content (AvgIpc) is 3.27. The Bertz CT molecular complexity index is 977. The van der Waals surface area contributed by atoms with E-state index in [4.69, 9.17) is 14.2 Å². The van der Waals surface area contributed by atoms with Gasteiger partial charge < -0.3 is 14.2 Å². The highest BCUT2D eigenvalue weighted by Gasteiger charge is 2.47. The molecule has 4 rings (SSSR count). The summed E-state index contributed by atoms with van der Waals surface area (Å²) in [6.45, 7) is 1.69. The molecule has 8 nitrogen and oxygen atoms in total. The van der Waals surface area contributed by atoms with Crippen molar-refractivity contribution < 1.29 is 23.4 Å².